The van der Waals surface area contributed by atoms with Crippen molar-refractivity contribution in [2.45, 2.75) is 37.7 Å². The molecule has 0 radical (unpaired) electrons. The zero-order valence-corrected chi connectivity index (χ0v) is 11.1. The minimum Gasteiger partial charge on any atom is -0.430 e. The van der Waals surface area contributed by atoms with Crippen LogP contribution in [-0.2, 0) is 9.47 Å². The molecule has 2 unspecified atom stereocenters. The van der Waals surface area contributed by atoms with Gasteiger partial charge >= 0.3 is 6.16 Å². The van der Waals surface area contributed by atoms with Crippen LogP contribution in [0, 0.1) is 0 Å². The molecule has 3 heteroatoms. The first kappa shape index (κ1) is 13.7. The van der Waals surface area contributed by atoms with Gasteiger partial charge < -0.3 is 9.47 Å². The first-order chi connectivity index (χ1) is 9.31. The summed E-state index contributed by atoms with van der Waals surface area (Å²) in [5, 5.41) is 0. The van der Waals surface area contributed by atoms with Crippen LogP contribution in [0.4, 0.5) is 4.79 Å². The van der Waals surface area contributed by atoms with Crippen LogP contribution in [-0.4, -0.2) is 18.9 Å². The van der Waals surface area contributed by atoms with Crippen molar-refractivity contribution >= 4 is 6.16 Å². The average molecular weight is 260 g/mol. The third-order valence-electron chi connectivity index (χ3n) is 3.50. The van der Waals surface area contributed by atoms with Crippen LogP contribution in [0.25, 0.3) is 0 Å². The van der Waals surface area contributed by atoms with E-state index in [1.165, 1.54) is 18.1 Å². The Hall–Kier alpha value is -1.77. The number of rotatable bonds is 4. The van der Waals surface area contributed by atoms with Gasteiger partial charge in [0.1, 0.15) is 12.7 Å². The van der Waals surface area contributed by atoms with Gasteiger partial charge in [0.15, 0.2) is 0 Å². The summed E-state index contributed by atoms with van der Waals surface area (Å²) in [6, 6.07) is 10.2. The highest BCUT2D eigenvalue weighted by atomic mass is 16.7. The summed E-state index contributed by atoms with van der Waals surface area (Å²) in [6.07, 6.45) is 5.12. The van der Waals surface area contributed by atoms with E-state index in [-0.39, 0.29) is 18.6 Å². The number of carbonyl (C=O) groups is 1. The molecule has 19 heavy (non-hydrogen) atoms. The minimum absolute atomic E-state index is 0.0755. The van der Waals surface area contributed by atoms with E-state index >= 15 is 0 Å². The van der Waals surface area contributed by atoms with E-state index in [1.807, 2.05) is 18.2 Å². The second-order valence-electron chi connectivity index (χ2n) is 4.81. The van der Waals surface area contributed by atoms with E-state index in [0.717, 1.165) is 19.3 Å². The first-order valence-electron chi connectivity index (χ1n) is 6.80. The third-order valence-corrected chi connectivity index (χ3v) is 3.50. The van der Waals surface area contributed by atoms with E-state index in [2.05, 4.69) is 18.7 Å². The zero-order valence-electron chi connectivity index (χ0n) is 11.1. The average Bonchev–Trinajstić information content (AvgIpc) is 2.46. The molecule has 0 bridgehead atoms. The molecule has 0 aromatic heterocycles. The maximum absolute atomic E-state index is 11.6. The van der Waals surface area contributed by atoms with Gasteiger partial charge in [0.2, 0.25) is 0 Å². The van der Waals surface area contributed by atoms with Crippen molar-refractivity contribution in [1.29, 1.82) is 0 Å². The maximum atomic E-state index is 11.6. The summed E-state index contributed by atoms with van der Waals surface area (Å²) in [4.78, 5) is 11.6. The van der Waals surface area contributed by atoms with Crippen LogP contribution < -0.4 is 0 Å². The first-order valence-corrected chi connectivity index (χ1v) is 6.80. The Morgan fingerprint density at radius 1 is 1.26 bits per heavy atom. The quantitative estimate of drug-likeness (QED) is 0.605. The Morgan fingerprint density at radius 2 is 2.00 bits per heavy atom. The normalized spacial score (nSPS) is 22.5. The van der Waals surface area contributed by atoms with Crippen molar-refractivity contribution in [3.8, 4) is 0 Å². The van der Waals surface area contributed by atoms with Crippen LogP contribution >= 0.6 is 0 Å². The van der Waals surface area contributed by atoms with Crippen molar-refractivity contribution in [2.24, 2.45) is 0 Å². The Labute approximate surface area is 114 Å². The van der Waals surface area contributed by atoms with Crippen molar-refractivity contribution in [3.63, 3.8) is 0 Å². The van der Waals surface area contributed by atoms with Crippen LogP contribution in [0.15, 0.2) is 43.0 Å². The van der Waals surface area contributed by atoms with Gasteiger partial charge in [-0.25, -0.2) is 4.79 Å². The lowest BCUT2D eigenvalue weighted by Crippen LogP contribution is -2.29. The van der Waals surface area contributed by atoms with Gasteiger partial charge in [-0.2, -0.15) is 0 Å². The molecule has 2 rings (SSSR count). The van der Waals surface area contributed by atoms with Crippen molar-refractivity contribution in [1.82, 2.24) is 0 Å². The lowest BCUT2D eigenvalue weighted by molar-refractivity contribution is 0.00752. The molecule has 1 fully saturated rings. The lowest BCUT2D eigenvalue weighted by atomic mass is 9.81. The maximum Gasteiger partial charge on any atom is 0.508 e. The van der Waals surface area contributed by atoms with Crippen LogP contribution in [0.3, 0.4) is 0 Å². The van der Waals surface area contributed by atoms with E-state index in [9.17, 15) is 4.79 Å². The van der Waals surface area contributed by atoms with Crippen LogP contribution in [0.5, 0.6) is 0 Å². The fourth-order valence-corrected chi connectivity index (χ4v) is 2.60. The zero-order chi connectivity index (χ0) is 13.5. The van der Waals surface area contributed by atoms with Crippen LogP contribution in [0.2, 0.25) is 0 Å². The second-order valence-corrected chi connectivity index (χ2v) is 4.81. The summed E-state index contributed by atoms with van der Waals surface area (Å²) < 4.78 is 10.4. The molecule has 0 aliphatic heterocycles. The number of benzene rings is 1. The summed E-state index contributed by atoms with van der Waals surface area (Å²) in [6.45, 7) is 3.71. The van der Waals surface area contributed by atoms with Gasteiger partial charge in [0.05, 0.1) is 0 Å². The van der Waals surface area contributed by atoms with Crippen molar-refractivity contribution in [2.75, 3.05) is 6.61 Å². The topological polar surface area (TPSA) is 35.5 Å². The molecule has 1 aliphatic carbocycles. The Morgan fingerprint density at radius 3 is 2.74 bits per heavy atom. The summed E-state index contributed by atoms with van der Waals surface area (Å²) in [5.41, 5.74) is 1.24. The number of hydrogen-bond donors (Lipinski definition) is 0. The SMILES string of the molecule is C=CCOC(=O)OC1CCCCC1c1ccccc1. The molecule has 0 heterocycles. The number of carbonyl (C=O) groups excluding carboxylic acids is 1. The predicted molar refractivity (Wildman–Crippen MR) is 74.1 cm³/mol. The molecule has 1 aliphatic rings. The second kappa shape index (κ2) is 6.98. The Balaban J connectivity index is 2.00. The Bertz CT molecular complexity index is 413. The van der Waals surface area contributed by atoms with E-state index in [0.29, 0.717) is 0 Å². The number of hydrogen-bond acceptors (Lipinski definition) is 3. The standard InChI is InChI=1S/C16H20O3/c1-2-12-18-16(17)19-15-11-7-6-10-14(15)13-8-4-3-5-9-13/h2-5,8-9,14-15H,1,6-7,10-12H2. The fourth-order valence-electron chi connectivity index (χ4n) is 2.60. The molecular weight excluding hydrogens is 240 g/mol. The molecule has 0 amide bonds. The van der Waals surface area contributed by atoms with Crippen LogP contribution in [0.1, 0.15) is 37.2 Å². The monoisotopic (exact) mass is 260 g/mol. The minimum atomic E-state index is -0.590. The molecule has 2 atom stereocenters. The van der Waals surface area contributed by atoms with Gasteiger partial charge in [-0.1, -0.05) is 49.4 Å². The highest BCUT2D eigenvalue weighted by Gasteiger charge is 2.29. The molecular formula is C16H20O3. The smallest absolute Gasteiger partial charge is 0.430 e. The van der Waals surface area contributed by atoms with Gasteiger partial charge in [-0.3, -0.25) is 0 Å². The lowest BCUT2D eigenvalue weighted by Gasteiger charge is -2.31. The largest absolute Gasteiger partial charge is 0.508 e. The molecule has 3 nitrogen and oxygen atoms in total. The summed E-state index contributed by atoms with van der Waals surface area (Å²) in [7, 11) is 0. The molecule has 0 N–H and O–H groups in total. The van der Waals surface area contributed by atoms with Crippen molar-refractivity contribution < 1.29 is 14.3 Å². The molecule has 1 aromatic carbocycles. The van der Waals surface area contributed by atoms with E-state index < -0.39 is 6.16 Å². The van der Waals surface area contributed by atoms with Crippen molar-refractivity contribution in [3.05, 3.63) is 48.6 Å². The molecule has 1 aromatic rings. The van der Waals surface area contributed by atoms with Gasteiger partial charge in [-0.05, 0) is 24.8 Å². The predicted octanol–water partition coefficient (Wildman–Crippen LogP) is 4.05. The summed E-state index contributed by atoms with van der Waals surface area (Å²) in [5.74, 6) is 0.284. The van der Waals surface area contributed by atoms with Gasteiger partial charge in [0.25, 0.3) is 0 Å². The highest BCUT2D eigenvalue weighted by molar-refractivity contribution is 5.60. The molecule has 1 saturated carbocycles. The molecule has 0 saturated heterocycles. The summed E-state index contributed by atoms with van der Waals surface area (Å²) >= 11 is 0. The molecule has 0 spiro atoms. The fraction of sp³-hybridized carbons (Fsp3) is 0.438. The van der Waals surface area contributed by atoms with Gasteiger partial charge in [0, 0.05) is 5.92 Å². The highest BCUT2D eigenvalue weighted by Crippen LogP contribution is 2.35. The van der Waals surface area contributed by atoms with E-state index in [4.69, 9.17) is 9.47 Å². The molecule has 102 valence electrons. The Kier molecular flexibility index (Phi) is 5.01. The third kappa shape index (κ3) is 3.85. The van der Waals surface area contributed by atoms with Gasteiger partial charge in [-0.15, -0.1) is 0 Å². The van der Waals surface area contributed by atoms with E-state index in [1.54, 1.807) is 0 Å². The number of ether oxygens (including phenoxy) is 2.